The fourth-order valence-electron chi connectivity index (χ4n) is 2.40. The summed E-state index contributed by atoms with van der Waals surface area (Å²) in [6.07, 6.45) is 6.25. The number of unbranched alkanes of at least 4 members (excludes halogenated alkanes) is 2. The second kappa shape index (κ2) is 9.88. The van der Waals surface area contributed by atoms with E-state index in [-0.39, 0.29) is 25.7 Å². The molecule has 0 bridgehead atoms. The molecule has 0 aromatic heterocycles. The first-order valence-electron chi connectivity index (χ1n) is 7.96. The third kappa shape index (κ3) is 6.48. The lowest BCUT2D eigenvalue weighted by Crippen LogP contribution is -2.38. The normalized spacial score (nSPS) is 18.9. The predicted octanol–water partition coefficient (Wildman–Crippen LogP) is 1.53. The number of carbonyl (C=O) groups is 2. The summed E-state index contributed by atoms with van der Waals surface area (Å²) in [5.74, 6) is -0.344. The number of nitrogens with zero attached hydrogens (tertiary/aromatic N) is 1. The average Bonchev–Trinajstić information content (AvgIpc) is 2.75. The molecule has 1 heterocycles. The molecule has 5 nitrogen and oxygen atoms in total. The van der Waals surface area contributed by atoms with E-state index >= 15 is 0 Å². The zero-order valence-corrected chi connectivity index (χ0v) is 12.9. The SMILES string of the molecule is CCCCN(CCCC)CCCNC1CC(=O)NC1=O.[HH]. The van der Waals surface area contributed by atoms with Crippen LogP contribution in [0.1, 0.15) is 53.8 Å². The molecule has 0 aromatic rings. The Morgan fingerprint density at radius 3 is 2.25 bits per heavy atom. The lowest BCUT2D eigenvalue weighted by molar-refractivity contribution is -0.125. The lowest BCUT2D eigenvalue weighted by Gasteiger charge is -2.22. The summed E-state index contributed by atoms with van der Waals surface area (Å²) in [7, 11) is 0. The smallest absolute Gasteiger partial charge is 0.244 e. The summed E-state index contributed by atoms with van der Waals surface area (Å²) in [4.78, 5) is 25.0. The predicted molar refractivity (Wildman–Crippen MR) is 82.5 cm³/mol. The van der Waals surface area contributed by atoms with Crippen LogP contribution in [0.2, 0.25) is 0 Å². The Morgan fingerprint density at radius 1 is 1.15 bits per heavy atom. The molecule has 0 aromatic carbocycles. The van der Waals surface area contributed by atoms with E-state index in [9.17, 15) is 9.59 Å². The van der Waals surface area contributed by atoms with Gasteiger partial charge in [-0.3, -0.25) is 14.9 Å². The molecule has 5 heteroatoms. The summed E-state index contributed by atoms with van der Waals surface area (Å²) in [5.41, 5.74) is 0. The molecule has 118 valence electrons. The first-order chi connectivity index (χ1) is 9.67. The molecule has 0 saturated carbocycles. The van der Waals surface area contributed by atoms with Gasteiger partial charge in [0.25, 0.3) is 0 Å². The van der Waals surface area contributed by atoms with E-state index < -0.39 is 0 Å². The van der Waals surface area contributed by atoms with Crippen LogP contribution in [0, 0.1) is 0 Å². The van der Waals surface area contributed by atoms with Crippen LogP contribution in [0.15, 0.2) is 0 Å². The zero-order valence-electron chi connectivity index (χ0n) is 12.9. The van der Waals surface area contributed by atoms with Gasteiger partial charge in [-0.1, -0.05) is 26.7 Å². The van der Waals surface area contributed by atoms with Gasteiger partial charge in [0.05, 0.1) is 12.5 Å². The molecule has 2 amide bonds. The van der Waals surface area contributed by atoms with Crippen LogP contribution in [-0.2, 0) is 9.59 Å². The van der Waals surface area contributed by atoms with Crippen LogP contribution < -0.4 is 10.6 Å². The van der Waals surface area contributed by atoms with Gasteiger partial charge in [-0.25, -0.2) is 0 Å². The minimum atomic E-state index is -0.317. The molecule has 0 radical (unpaired) electrons. The van der Waals surface area contributed by atoms with E-state index in [1.807, 2.05) is 0 Å². The average molecular weight is 285 g/mol. The fourth-order valence-corrected chi connectivity index (χ4v) is 2.40. The van der Waals surface area contributed by atoms with Crippen molar-refractivity contribution in [3.63, 3.8) is 0 Å². The Bertz CT molecular complexity index is 305. The first-order valence-corrected chi connectivity index (χ1v) is 7.96. The third-order valence-electron chi connectivity index (χ3n) is 3.67. The fraction of sp³-hybridized carbons (Fsp3) is 0.867. The minimum Gasteiger partial charge on any atom is -0.305 e. The van der Waals surface area contributed by atoms with Crippen LogP contribution in [0.5, 0.6) is 0 Å². The molecule has 20 heavy (non-hydrogen) atoms. The van der Waals surface area contributed by atoms with Crippen molar-refractivity contribution in [1.29, 1.82) is 0 Å². The van der Waals surface area contributed by atoms with Gasteiger partial charge >= 0.3 is 0 Å². The maximum absolute atomic E-state index is 11.4. The number of hydrogen-bond acceptors (Lipinski definition) is 4. The Kier molecular flexibility index (Phi) is 8.46. The molecule has 1 aliphatic heterocycles. The summed E-state index contributed by atoms with van der Waals surface area (Å²) < 4.78 is 0. The van der Waals surface area contributed by atoms with Gasteiger partial charge in [-0.15, -0.1) is 0 Å². The summed E-state index contributed by atoms with van der Waals surface area (Å²) in [6, 6.07) is -0.317. The second-order valence-corrected chi connectivity index (χ2v) is 5.53. The van der Waals surface area contributed by atoms with Crippen molar-refractivity contribution in [2.75, 3.05) is 26.2 Å². The Balaban J connectivity index is 0.00000400. The molecule has 1 rings (SSSR count). The standard InChI is InChI=1S/C15H29N3O2.H2/c1-3-5-9-18(10-6-4-2)11-7-8-16-13-12-14(19)17-15(13)20;/h13,16H,3-12H2,1-2H3,(H,17,19,20);1H. The van der Waals surface area contributed by atoms with Gasteiger partial charge in [0.1, 0.15) is 0 Å². The van der Waals surface area contributed by atoms with E-state index in [1.54, 1.807) is 0 Å². The van der Waals surface area contributed by atoms with Crippen molar-refractivity contribution in [3.05, 3.63) is 0 Å². The van der Waals surface area contributed by atoms with Gasteiger partial charge in [0, 0.05) is 1.43 Å². The highest BCUT2D eigenvalue weighted by molar-refractivity contribution is 6.05. The summed E-state index contributed by atoms with van der Waals surface area (Å²) in [5, 5.41) is 5.49. The summed E-state index contributed by atoms with van der Waals surface area (Å²) in [6.45, 7) is 8.62. The topological polar surface area (TPSA) is 61.4 Å². The van der Waals surface area contributed by atoms with E-state index in [2.05, 4.69) is 29.4 Å². The highest BCUT2D eigenvalue weighted by atomic mass is 16.2. The van der Waals surface area contributed by atoms with E-state index in [0.29, 0.717) is 0 Å². The van der Waals surface area contributed by atoms with Crippen LogP contribution in [-0.4, -0.2) is 48.9 Å². The van der Waals surface area contributed by atoms with Gasteiger partial charge in [0.2, 0.25) is 11.8 Å². The van der Waals surface area contributed by atoms with Crippen molar-refractivity contribution < 1.29 is 11.0 Å². The van der Waals surface area contributed by atoms with E-state index in [1.165, 1.54) is 38.8 Å². The number of hydrogen-bond donors (Lipinski definition) is 2. The molecule has 2 N–H and O–H groups in total. The number of rotatable bonds is 11. The molecular formula is C15H31N3O2. The number of nitrogens with one attached hydrogen (secondary N) is 2. The monoisotopic (exact) mass is 285 g/mol. The Morgan fingerprint density at radius 2 is 1.75 bits per heavy atom. The van der Waals surface area contributed by atoms with Crippen molar-refractivity contribution in [1.82, 2.24) is 15.5 Å². The van der Waals surface area contributed by atoms with Crippen molar-refractivity contribution in [2.24, 2.45) is 0 Å². The molecular weight excluding hydrogens is 254 g/mol. The number of carbonyl (C=O) groups excluding carboxylic acids is 2. The second-order valence-electron chi connectivity index (χ2n) is 5.53. The maximum Gasteiger partial charge on any atom is 0.244 e. The lowest BCUT2D eigenvalue weighted by atomic mass is 10.2. The van der Waals surface area contributed by atoms with Crippen LogP contribution in [0.25, 0.3) is 0 Å². The first kappa shape index (κ1) is 17.1. The molecule has 1 atom stereocenters. The van der Waals surface area contributed by atoms with Crippen LogP contribution >= 0.6 is 0 Å². The van der Waals surface area contributed by atoms with E-state index in [0.717, 1.165) is 19.5 Å². The molecule has 1 unspecified atom stereocenters. The van der Waals surface area contributed by atoms with Crippen molar-refractivity contribution in [3.8, 4) is 0 Å². The summed E-state index contributed by atoms with van der Waals surface area (Å²) >= 11 is 0. The van der Waals surface area contributed by atoms with Gasteiger partial charge in [-0.2, -0.15) is 0 Å². The molecule has 0 aliphatic carbocycles. The number of imide groups is 1. The minimum absolute atomic E-state index is 0. The van der Waals surface area contributed by atoms with Gasteiger partial charge in [-0.05, 0) is 45.4 Å². The Hall–Kier alpha value is -0.940. The molecule has 0 spiro atoms. The van der Waals surface area contributed by atoms with Crippen LogP contribution in [0.3, 0.4) is 0 Å². The molecule has 1 aliphatic rings. The molecule has 1 fully saturated rings. The highest BCUT2D eigenvalue weighted by Crippen LogP contribution is 2.03. The highest BCUT2D eigenvalue weighted by Gasteiger charge is 2.29. The largest absolute Gasteiger partial charge is 0.305 e. The number of amides is 2. The van der Waals surface area contributed by atoms with Crippen molar-refractivity contribution in [2.45, 2.75) is 58.4 Å². The third-order valence-corrected chi connectivity index (χ3v) is 3.67. The molecule has 1 saturated heterocycles. The maximum atomic E-state index is 11.4. The quantitative estimate of drug-likeness (QED) is 0.446. The zero-order chi connectivity index (χ0) is 14.8. The van der Waals surface area contributed by atoms with Crippen LogP contribution in [0.4, 0.5) is 0 Å². The van der Waals surface area contributed by atoms with Gasteiger partial charge in [0.15, 0.2) is 0 Å². The van der Waals surface area contributed by atoms with E-state index in [4.69, 9.17) is 0 Å². The van der Waals surface area contributed by atoms with Crippen molar-refractivity contribution >= 4 is 11.8 Å². The Labute approximate surface area is 124 Å². The van der Waals surface area contributed by atoms with Gasteiger partial charge < -0.3 is 10.2 Å².